The van der Waals surface area contributed by atoms with Gasteiger partial charge in [-0.25, -0.2) is 8.42 Å². The van der Waals surface area contributed by atoms with Crippen molar-refractivity contribution in [1.29, 1.82) is 0 Å². The van der Waals surface area contributed by atoms with E-state index in [1.54, 1.807) is 0 Å². The Kier molecular flexibility index (Phi) is 7.24. The van der Waals surface area contributed by atoms with Gasteiger partial charge >= 0.3 is 0 Å². The standard InChI is InChI=1S/C12H27NO2S/c1-6-7-11(4)12(16(5,14)15)9-13-8-10(2)3/h10-13H,6-9H2,1-5H3. The quantitative estimate of drug-likeness (QED) is 0.716. The fraction of sp³-hybridized carbons (Fsp3) is 1.00. The van der Waals surface area contributed by atoms with E-state index in [0.29, 0.717) is 12.5 Å². The highest BCUT2D eigenvalue weighted by atomic mass is 32.2. The van der Waals surface area contributed by atoms with E-state index >= 15 is 0 Å². The van der Waals surface area contributed by atoms with Gasteiger partial charge in [0.05, 0.1) is 5.25 Å². The molecular formula is C12H27NO2S. The van der Waals surface area contributed by atoms with Gasteiger partial charge < -0.3 is 5.32 Å². The maximum Gasteiger partial charge on any atom is 0.151 e. The van der Waals surface area contributed by atoms with Crippen LogP contribution < -0.4 is 5.32 Å². The number of sulfone groups is 1. The Morgan fingerprint density at radius 3 is 2.06 bits per heavy atom. The fourth-order valence-corrected chi connectivity index (χ4v) is 3.33. The van der Waals surface area contributed by atoms with Crippen LogP contribution in [0.4, 0.5) is 0 Å². The SMILES string of the molecule is CCCC(C)C(CNCC(C)C)S(C)(=O)=O. The largest absolute Gasteiger partial charge is 0.315 e. The van der Waals surface area contributed by atoms with E-state index in [9.17, 15) is 8.42 Å². The van der Waals surface area contributed by atoms with Crippen molar-refractivity contribution in [3.8, 4) is 0 Å². The smallest absolute Gasteiger partial charge is 0.151 e. The topological polar surface area (TPSA) is 46.2 Å². The molecule has 0 radical (unpaired) electrons. The van der Waals surface area contributed by atoms with Gasteiger partial charge in [-0.15, -0.1) is 0 Å². The van der Waals surface area contributed by atoms with Crippen LogP contribution in [-0.4, -0.2) is 33.0 Å². The average molecular weight is 249 g/mol. The minimum Gasteiger partial charge on any atom is -0.315 e. The van der Waals surface area contributed by atoms with Crippen LogP contribution in [0.2, 0.25) is 0 Å². The lowest BCUT2D eigenvalue weighted by Crippen LogP contribution is -2.39. The van der Waals surface area contributed by atoms with Crippen molar-refractivity contribution in [3.05, 3.63) is 0 Å². The summed E-state index contributed by atoms with van der Waals surface area (Å²) in [7, 11) is -2.95. The zero-order valence-corrected chi connectivity index (χ0v) is 12.1. The molecule has 0 spiro atoms. The van der Waals surface area contributed by atoms with Crippen LogP contribution in [0.1, 0.15) is 40.5 Å². The summed E-state index contributed by atoms with van der Waals surface area (Å²) < 4.78 is 23.4. The Bertz CT molecular complexity index is 273. The molecule has 98 valence electrons. The second-order valence-corrected chi connectivity index (χ2v) is 7.45. The van der Waals surface area contributed by atoms with Crippen LogP contribution in [0, 0.1) is 11.8 Å². The molecule has 0 amide bonds. The zero-order chi connectivity index (χ0) is 12.8. The summed E-state index contributed by atoms with van der Waals surface area (Å²) in [4.78, 5) is 0. The van der Waals surface area contributed by atoms with Crippen molar-refractivity contribution in [2.75, 3.05) is 19.3 Å². The number of nitrogens with one attached hydrogen (secondary N) is 1. The van der Waals surface area contributed by atoms with Crippen molar-refractivity contribution in [1.82, 2.24) is 5.32 Å². The Morgan fingerprint density at radius 2 is 1.69 bits per heavy atom. The van der Waals surface area contributed by atoms with E-state index in [0.717, 1.165) is 19.4 Å². The van der Waals surface area contributed by atoms with Gasteiger partial charge in [-0.3, -0.25) is 0 Å². The van der Waals surface area contributed by atoms with E-state index in [1.165, 1.54) is 6.26 Å². The second-order valence-electron chi connectivity index (χ2n) is 5.19. The summed E-state index contributed by atoms with van der Waals surface area (Å²) in [5, 5.41) is 3.01. The van der Waals surface area contributed by atoms with Crippen LogP contribution in [0.5, 0.6) is 0 Å². The van der Waals surface area contributed by atoms with E-state index in [-0.39, 0.29) is 11.2 Å². The zero-order valence-electron chi connectivity index (χ0n) is 11.3. The van der Waals surface area contributed by atoms with Crippen LogP contribution >= 0.6 is 0 Å². The third kappa shape index (κ3) is 6.48. The predicted molar refractivity (Wildman–Crippen MR) is 70.4 cm³/mol. The summed E-state index contributed by atoms with van der Waals surface area (Å²) >= 11 is 0. The predicted octanol–water partition coefficient (Wildman–Crippen LogP) is 2.08. The third-order valence-corrected chi connectivity index (χ3v) is 4.56. The van der Waals surface area contributed by atoms with E-state index in [1.807, 2.05) is 6.92 Å². The molecule has 3 nitrogen and oxygen atoms in total. The Labute approximate surface area is 101 Å². The highest BCUT2D eigenvalue weighted by Gasteiger charge is 2.26. The maximum atomic E-state index is 11.7. The van der Waals surface area contributed by atoms with Crippen LogP contribution in [0.25, 0.3) is 0 Å². The molecule has 0 aliphatic rings. The lowest BCUT2D eigenvalue weighted by molar-refractivity contribution is 0.441. The minimum atomic E-state index is -2.95. The molecule has 0 saturated heterocycles. The molecule has 2 atom stereocenters. The molecule has 0 aromatic rings. The molecular weight excluding hydrogens is 222 g/mol. The van der Waals surface area contributed by atoms with Crippen molar-refractivity contribution in [2.24, 2.45) is 11.8 Å². The van der Waals surface area contributed by atoms with Crippen molar-refractivity contribution >= 4 is 9.84 Å². The molecule has 1 N–H and O–H groups in total. The van der Waals surface area contributed by atoms with Gasteiger partial charge in [0, 0.05) is 12.8 Å². The normalized spacial score (nSPS) is 16.4. The van der Waals surface area contributed by atoms with Crippen molar-refractivity contribution in [2.45, 2.75) is 45.8 Å². The molecule has 0 aliphatic heterocycles. The van der Waals surface area contributed by atoms with Crippen LogP contribution in [0.3, 0.4) is 0 Å². The van der Waals surface area contributed by atoms with E-state index in [4.69, 9.17) is 0 Å². The van der Waals surface area contributed by atoms with Gasteiger partial charge in [-0.2, -0.15) is 0 Å². The summed E-state index contributed by atoms with van der Waals surface area (Å²) in [6, 6.07) is 0. The molecule has 16 heavy (non-hydrogen) atoms. The van der Waals surface area contributed by atoms with Gasteiger partial charge in [-0.1, -0.05) is 34.1 Å². The van der Waals surface area contributed by atoms with E-state index < -0.39 is 9.84 Å². The molecule has 0 saturated carbocycles. The molecule has 0 bridgehead atoms. The highest BCUT2D eigenvalue weighted by molar-refractivity contribution is 7.91. The van der Waals surface area contributed by atoms with Crippen molar-refractivity contribution < 1.29 is 8.42 Å². The number of hydrogen-bond donors (Lipinski definition) is 1. The second kappa shape index (κ2) is 7.28. The van der Waals surface area contributed by atoms with Crippen molar-refractivity contribution in [3.63, 3.8) is 0 Å². The molecule has 0 aromatic carbocycles. The molecule has 0 rings (SSSR count). The number of rotatable bonds is 8. The van der Waals surface area contributed by atoms with Gasteiger partial charge in [0.1, 0.15) is 0 Å². The van der Waals surface area contributed by atoms with Gasteiger partial charge in [0.25, 0.3) is 0 Å². The van der Waals surface area contributed by atoms with Crippen LogP contribution in [0.15, 0.2) is 0 Å². The van der Waals surface area contributed by atoms with Gasteiger partial charge in [-0.05, 0) is 24.8 Å². The minimum absolute atomic E-state index is 0.236. The Hall–Kier alpha value is -0.0900. The first-order valence-corrected chi connectivity index (χ1v) is 8.14. The summed E-state index contributed by atoms with van der Waals surface area (Å²) in [5.74, 6) is 0.793. The molecule has 0 fully saturated rings. The first kappa shape index (κ1) is 15.9. The van der Waals surface area contributed by atoms with E-state index in [2.05, 4.69) is 26.1 Å². The Morgan fingerprint density at radius 1 is 1.12 bits per heavy atom. The lowest BCUT2D eigenvalue weighted by atomic mass is 10.0. The fourth-order valence-electron chi connectivity index (χ4n) is 1.93. The summed E-state index contributed by atoms with van der Waals surface area (Å²) in [6.45, 7) is 9.84. The van der Waals surface area contributed by atoms with Gasteiger partial charge in [0.2, 0.25) is 0 Å². The lowest BCUT2D eigenvalue weighted by Gasteiger charge is -2.23. The molecule has 0 heterocycles. The molecule has 2 unspecified atom stereocenters. The van der Waals surface area contributed by atoms with Crippen LogP contribution in [-0.2, 0) is 9.84 Å². The number of hydrogen-bond acceptors (Lipinski definition) is 3. The molecule has 4 heteroatoms. The summed E-state index contributed by atoms with van der Waals surface area (Å²) in [6.07, 6.45) is 3.36. The first-order valence-electron chi connectivity index (χ1n) is 6.18. The average Bonchev–Trinajstić information content (AvgIpc) is 2.10. The first-order chi connectivity index (χ1) is 7.29. The monoisotopic (exact) mass is 249 g/mol. The highest BCUT2D eigenvalue weighted by Crippen LogP contribution is 2.16. The van der Waals surface area contributed by atoms with Gasteiger partial charge in [0.15, 0.2) is 9.84 Å². The third-order valence-electron chi connectivity index (χ3n) is 2.83. The molecule has 0 aliphatic carbocycles. The maximum absolute atomic E-state index is 11.7. The summed E-state index contributed by atoms with van der Waals surface area (Å²) in [5.41, 5.74) is 0. The Balaban J connectivity index is 4.34. The molecule has 0 aromatic heterocycles.